The van der Waals surface area contributed by atoms with Crippen molar-refractivity contribution in [3.05, 3.63) is 42.9 Å². The van der Waals surface area contributed by atoms with E-state index in [9.17, 15) is 9.18 Å². The molecule has 1 fully saturated rings. The van der Waals surface area contributed by atoms with Gasteiger partial charge in [-0.05, 0) is 56.6 Å². The molecule has 32 heavy (non-hydrogen) atoms. The van der Waals surface area contributed by atoms with Gasteiger partial charge in [0.05, 0.1) is 16.4 Å². The van der Waals surface area contributed by atoms with Gasteiger partial charge < -0.3 is 10.2 Å². The lowest BCUT2D eigenvalue weighted by Crippen LogP contribution is -2.39. The first-order chi connectivity index (χ1) is 15.5. The van der Waals surface area contributed by atoms with Crippen molar-refractivity contribution < 1.29 is 9.18 Å². The summed E-state index contributed by atoms with van der Waals surface area (Å²) in [5.74, 6) is 0.517. The van der Waals surface area contributed by atoms with E-state index in [1.807, 2.05) is 46.9 Å². The van der Waals surface area contributed by atoms with Crippen LogP contribution in [-0.4, -0.2) is 56.5 Å². The average Bonchev–Trinajstić information content (AvgIpc) is 3.36. The largest absolute Gasteiger partial charge is 0.303 e. The topological polar surface area (TPSA) is 75.4 Å². The molecule has 7 nitrogen and oxygen atoms in total. The van der Waals surface area contributed by atoms with Crippen molar-refractivity contribution in [2.45, 2.75) is 35.4 Å². The summed E-state index contributed by atoms with van der Waals surface area (Å²) in [4.78, 5) is 28.6. The number of rotatable bonds is 6. The molecular formula is C22H23FN6OS2. The van der Waals surface area contributed by atoms with Crippen LogP contribution in [0, 0.1) is 5.92 Å². The van der Waals surface area contributed by atoms with Gasteiger partial charge in [0.15, 0.2) is 5.13 Å². The first-order valence-electron chi connectivity index (χ1n) is 10.5. The zero-order valence-corrected chi connectivity index (χ0v) is 19.2. The number of hydrogen-bond acceptors (Lipinski definition) is 7. The van der Waals surface area contributed by atoms with Gasteiger partial charge in [0, 0.05) is 30.3 Å². The molecule has 0 spiro atoms. The van der Waals surface area contributed by atoms with E-state index < -0.39 is 6.17 Å². The Balaban J connectivity index is 1.22. The fourth-order valence-electron chi connectivity index (χ4n) is 3.95. The van der Waals surface area contributed by atoms with Crippen molar-refractivity contribution in [2.75, 3.05) is 25.5 Å². The van der Waals surface area contributed by atoms with Gasteiger partial charge in [-0.1, -0.05) is 23.1 Å². The molecule has 1 saturated heterocycles. The first kappa shape index (κ1) is 21.3. The van der Waals surface area contributed by atoms with Crippen molar-refractivity contribution in [1.29, 1.82) is 0 Å². The van der Waals surface area contributed by atoms with Crippen LogP contribution in [-0.2, 0) is 4.79 Å². The Morgan fingerprint density at radius 3 is 3.16 bits per heavy atom. The summed E-state index contributed by atoms with van der Waals surface area (Å²) < 4.78 is 17.1. The molecule has 0 saturated carbocycles. The number of amides is 1. The third-order valence-electron chi connectivity index (χ3n) is 5.70. The smallest absolute Gasteiger partial charge is 0.234 e. The van der Waals surface area contributed by atoms with Gasteiger partial charge >= 0.3 is 0 Å². The van der Waals surface area contributed by atoms with Crippen molar-refractivity contribution in [3.8, 4) is 0 Å². The summed E-state index contributed by atoms with van der Waals surface area (Å²) in [6.07, 6.45) is 6.29. The monoisotopic (exact) mass is 470 g/mol. The summed E-state index contributed by atoms with van der Waals surface area (Å²) in [6, 6.07) is 7.91. The molecule has 0 aliphatic carbocycles. The number of fused-ring (bicyclic) bond motifs is 2. The maximum Gasteiger partial charge on any atom is 0.234 e. The van der Waals surface area contributed by atoms with E-state index in [-0.39, 0.29) is 11.8 Å². The van der Waals surface area contributed by atoms with Crippen LogP contribution in [0.5, 0.6) is 0 Å². The Kier molecular flexibility index (Phi) is 6.07. The van der Waals surface area contributed by atoms with Gasteiger partial charge in [0.2, 0.25) is 11.7 Å². The van der Waals surface area contributed by atoms with Crippen LogP contribution in [0.25, 0.3) is 16.0 Å². The quantitative estimate of drug-likeness (QED) is 0.447. The highest BCUT2D eigenvalue weighted by atomic mass is 32.2. The Hall–Kier alpha value is -2.56. The number of halogens is 1. The fourth-order valence-corrected chi connectivity index (χ4v) is 5.85. The molecule has 2 atom stereocenters. The molecule has 166 valence electrons. The molecule has 0 radical (unpaired) electrons. The minimum Gasteiger partial charge on any atom is -0.303 e. The van der Waals surface area contributed by atoms with Gasteiger partial charge in [-0.3, -0.25) is 9.20 Å². The summed E-state index contributed by atoms with van der Waals surface area (Å²) in [5, 5.41) is 4.44. The molecule has 0 bridgehead atoms. The van der Waals surface area contributed by atoms with Crippen molar-refractivity contribution in [3.63, 3.8) is 0 Å². The second-order valence-electron chi connectivity index (χ2n) is 8.05. The van der Waals surface area contributed by atoms with Crippen molar-refractivity contribution in [2.24, 2.45) is 5.92 Å². The van der Waals surface area contributed by atoms with E-state index >= 15 is 0 Å². The van der Waals surface area contributed by atoms with Crippen molar-refractivity contribution in [1.82, 2.24) is 24.3 Å². The molecule has 10 heteroatoms. The number of aromatic nitrogens is 4. The lowest BCUT2D eigenvalue weighted by molar-refractivity contribution is -0.116. The number of likely N-dealkylation sites (tertiary alicyclic amines) is 1. The number of nitrogens with zero attached hydrogens (tertiary/aromatic N) is 5. The number of hydrogen-bond donors (Lipinski definition) is 1. The molecule has 1 amide bonds. The predicted molar refractivity (Wildman–Crippen MR) is 125 cm³/mol. The van der Waals surface area contributed by atoms with Crippen LogP contribution < -0.4 is 5.32 Å². The minimum absolute atomic E-state index is 0.0401. The maximum absolute atomic E-state index is 14.2. The molecule has 3 aromatic heterocycles. The van der Waals surface area contributed by atoms with Crippen LogP contribution in [0.2, 0.25) is 0 Å². The van der Waals surface area contributed by atoms with Crippen LogP contribution in [0.4, 0.5) is 9.52 Å². The lowest BCUT2D eigenvalue weighted by Gasteiger charge is -2.32. The number of imidazole rings is 1. The number of anilines is 1. The van der Waals surface area contributed by atoms with Gasteiger partial charge in [-0.15, -0.1) is 0 Å². The number of piperidine rings is 1. The number of alkyl halides is 1. The normalized spacial score (nSPS) is 19.6. The minimum atomic E-state index is -0.858. The molecule has 1 aliphatic heterocycles. The predicted octanol–water partition coefficient (Wildman–Crippen LogP) is 4.50. The third-order valence-corrected chi connectivity index (χ3v) is 7.64. The molecule has 1 aliphatic rings. The molecule has 1 N–H and O–H groups in total. The number of nitrogens with one attached hydrogen (secondary N) is 1. The van der Waals surface area contributed by atoms with Gasteiger partial charge in [0.25, 0.3) is 0 Å². The number of carbonyl (C=O) groups is 1. The van der Waals surface area contributed by atoms with Crippen molar-refractivity contribution >= 4 is 50.1 Å². The first-order valence-corrected chi connectivity index (χ1v) is 12.2. The van der Waals surface area contributed by atoms with Gasteiger partial charge in [0.1, 0.15) is 11.2 Å². The fraction of sp³-hybridized carbons (Fsp3) is 0.364. The molecular weight excluding hydrogens is 447 g/mol. The average molecular weight is 471 g/mol. The maximum atomic E-state index is 14.2. The van der Waals surface area contributed by atoms with Crippen LogP contribution in [0.3, 0.4) is 0 Å². The van der Waals surface area contributed by atoms with E-state index in [0.29, 0.717) is 30.3 Å². The number of thiazole rings is 1. The molecule has 1 aromatic carbocycles. The van der Waals surface area contributed by atoms with Crippen LogP contribution >= 0.6 is 23.1 Å². The molecule has 4 heterocycles. The van der Waals surface area contributed by atoms with E-state index in [0.717, 1.165) is 33.1 Å². The number of benzene rings is 1. The highest BCUT2D eigenvalue weighted by Gasteiger charge is 2.27. The Morgan fingerprint density at radius 2 is 2.28 bits per heavy atom. The summed E-state index contributed by atoms with van der Waals surface area (Å²) in [5.41, 5.74) is 0.841. The SMILES string of the molecule is CN1CCC(CCC(=O)Nc2nc3ccc(Sc4cnc5ncccn45)cc3s2)C(F)C1. The zero-order valence-electron chi connectivity index (χ0n) is 17.6. The number of carbonyl (C=O) groups excluding carboxylic acids is 1. The summed E-state index contributed by atoms with van der Waals surface area (Å²) in [7, 11) is 1.93. The van der Waals surface area contributed by atoms with Crippen LogP contribution in [0.15, 0.2) is 52.8 Å². The highest BCUT2D eigenvalue weighted by molar-refractivity contribution is 7.99. The lowest BCUT2D eigenvalue weighted by atomic mass is 9.90. The van der Waals surface area contributed by atoms with E-state index in [1.54, 1.807) is 18.0 Å². The van der Waals surface area contributed by atoms with E-state index in [4.69, 9.17) is 0 Å². The second-order valence-corrected chi connectivity index (χ2v) is 10.2. The molecule has 2 unspecified atom stereocenters. The van der Waals surface area contributed by atoms with Gasteiger partial charge in [-0.25, -0.2) is 19.3 Å². The summed E-state index contributed by atoms with van der Waals surface area (Å²) >= 11 is 3.05. The Morgan fingerprint density at radius 1 is 1.38 bits per heavy atom. The zero-order chi connectivity index (χ0) is 22.1. The highest BCUT2D eigenvalue weighted by Crippen LogP contribution is 2.34. The second kappa shape index (κ2) is 9.13. The molecule has 4 aromatic rings. The molecule has 5 rings (SSSR count). The van der Waals surface area contributed by atoms with E-state index in [1.165, 1.54) is 11.3 Å². The van der Waals surface area contributed by atoms with Gasteiger partial charge in [-0.2, -0.15) is 0 Å². The Labute approximate surface area is 193 Å². The van der Waals surface area contributed by atoms with E-state index in [2.05, 4.69) is 26.3 Å². The van der Waals surface area contributed by atoms with Crippen LogP contribution in [0.1, 0.15) is 19.3 Å². The summed E-state index contributed by atoms with van der Waals surface area (Å²) in [6.45, 7) is 1.34. The Bertz CT molecular complexity index is 1260. The standard InChI is InChI=1S/C22H23FN6OS2/c1-28-10-7-14(16(23)13-28)3-6-19(30)27-22-26-17-5-4-15(11-18(17)32-22)31-20-12-25-21-24-8-2-9-29(20)21/h2,4-5,8-9,11-12,14,16H,3,6-7,10,13H2,1H3,(H,26,27,30). The third kappa shape index (κ3) is 4.62.